The van der Waals surface area contributed by atoms with Gasteiger partial charge in [0.2, 0.25) is 0 Å². The first-order chi connectivity index (χ1) is 3.31. The van der Waals surface area contributed by atoms with E-state index in [-0.39, 0.29) is 25.6 Å². The highest BCUT2D eigenvalue weighted by molar-refractivity contribution is 5.85. The van der Waals surface area contributed by atoms with E-state index in [1.165, 1.54) is 0 Å². The Bertz CT molecular complexity index is 45.0. The molecule has 0 radical (unpaired) electrons. The molecule has 3 nitrogen and oxygen atoms in total. The van der Waals surface area contributed by atoms with Crippen LogP contribution in [0.1, 0.15) is 6.42 Å². The highest BCUT2D eigenvalue weighted by Gasteiger charge is 1.95. The summed E-state index contributed by atoms with van der Waals surface area (Å²) in [7, 11) is 0. The maximum atomic E-state index is 8.57. The molecule has 52 valence electrons. The molecule has 0 spiro atoms. The van der Waals surface area contributed by atoms with Crippen LogP contribution < -0.4 is 5.73 Å². The Morgan fingerprint density at radius 1 is 1.50 bits per heavy atom. The Hall–Kier alpha value is 0.170. The van der Waals surface area contributed by atoms with E-state index >= 15 is 0 Å². The predicted octanol–water partition coefficient (Wildman–Crippen LogP) is -0.890. The molecule has 1 atom stereocenters. The van der Waals surface area contributed by atoms with E-state index in [1.807, 2.05) is 0 Å². The molecule has 4 heteroatoms. The van der Waals surface area contributed by atoms with Crippen LogP contribution in [0.25, 0.3) is 0 Å². The Balaban J connectivity index is 0. The summed E-state index contributed by atoms with van der Waals surface area (Å²) in [5, 5.41) is 16.7. The lowest BCUT2D eigenvalue weighted by Crippen LogP contribution is -2.20. The molecule has 0 aromatic carbocycles. The summed E-state index contributed by atoms with van der Waals surface area (Å²) < 4.78 is 0. The average molecular weight is 142 g/mol. The molecule has 0 saturated heterocycles. The lowest BCUT2D eigenvalue weighted by Gasteiger charge is -2.01. The average Bonchev–Trinajstić information content (AvgIpc) is 1.68. The molecule has 0 aliphatic rings. The number of hydrogen-bond acceptors (Lipinski definition) is 3. The van der Waals surface area contributed by atoms with Gasteiger partial charge in [0.1, 0.15) is 0 Å². The summed E-state index contributed by atoms with van der Waals surface area (Å²) in [6.07, 6.45) is -0.138. The number of hydrogen-bond donors (Lipinski definition) is 3. The van der Waals surface area contributed by atoms with E-state index in [0.717, 1.165) is 0 Å². The quantitative estimate of drug-likeness (QED) is 0.478. The molecule has 1 unspecified atom stereocenters. The molecule has 0 amide bonds. The van der Waals surface area contributed by atoms with Crippen LogP contribution >= 0.6 is 12.4 Å². The van der Waals surface area contributed by atoms with Gasteiger partial charge in [-0.15, -0.1) is 12.4 Å². The Labute approximate surface area is 54.9 Å². The molecule has 0 bridgehead atoms. The topological polar surface area (TPSA) is 66.5 Å². The number of aliphatic hydroxyl groups excluding tert-OH is 2. The smallest absolute Gasteiger partial charge is 0.0684 e. The summed E-state index contributed by atoms with van der Waals surface area (Å²) >= 11 is 0. The zero-order valence-electron chi connectivity index (χ0n) is 4.58. The van der Waals surface area contributed by atoms with Crippen molar-refractivity contribution in [3.8, 4) is 0 Å². The molecule has 0 aliphatic carbocycles. The fourth-order valence-electron chi connectivity index (χ4n) is 0.267. The standard InChI is InChI=1S/C4H11NO2.ClH/c5-3-4(7)1-2-6;/h4,6-7H,1-3,5H2;1H. The lowest BCUT2D eigenvalue weighted by molar-refractivity contribution is 0.139. The van der Waals surface area contributed by atoms with Crippen LogP contribution in [0.2, 0.25) is 0 Å². The van der Waals surface area contributed by atoms with Gasteiger partial charge >= 0.3 is 0 Å². The third-order valence-corrected chi connectivity index (χ3v) is 0.734. The SMILES string of the molecule is Cl.NCC(O)CCO. The Morgan fingerprint density at radius 2 is 2.00 bits per heavy atom. The van der Waals surface area contributed by atoms with E-state index < -0.39 is 6.10 Å². The van der Waals surface area contributed by atoms with Gasteiger partial charge in [0.05, 0.1) is 6.10 Å². The van der Waals surface area contributed by atoms with Crippen molar-refractivity contribution in [1.82, 2.24) is 0 Å². The summed E-state index contributed by atoms with van der Waals surface area (Å²) in [4.78, 5) is 0. The van der Waals surface area contributed by atoms with Gasteiger partial charge in [-0.3, -0.25) is 0 Å². The molecule has 4 N–H and O–H groups in total. The maximum absolute atomic E-state index is 8.57. The van der Waals surface area contributed by atoms with Crippen LogP contribution in [-0.4, -0.2) is 29.5 Å². The van der Waals surface area contributed by atoms with Crippen LogP contribution in [0, 0.1) is 0 Å². The molecular weight excluding hydrogens is 130 g/mol. The first-order valence-electron chi connectivity index (χ1n) is 2.30. The summed E-state index contributed by atoms with van der Waals surface area (Å²) in [5.41, 5.74) is 5.00. The van der Waals surface area contributed by atoms with E-state index in [2.05, 4.69) is 0 Å². The van der Waals surface area contributed by atoms with Crippen molar-refractivity contribution in [2.24, 2.45) is 5.73 Å². The predicted molar refractivity (Wildman–Crippen MR) is 34.0 cm³/mol. The van der Waals surface area contributed by atoms with Crippen molar-refractivity contribution in [1.29, 1.82) is 0 Å². The van der Waals surface area contributed by atoms with Crippen molar-refractivity contribution in [2.75, 3.05) is 13.2 Å². The number of halogens is 1. The highest BCUT2D eigenvalue weighted by atomic mass is 35.5. The van der Waals surface area contributed by atoms with E-state index in [9.17, 15) is 0 Å². The van der Waals surface area contributed by atoms with Gasteiger partial charge in [0.25, 0.3) is 0 Å². The number of nitrogens with two attached hydrogens (primary N) is 1. The van der Waals surface area contributed by atoms with E-state index in [1.54, 1.807) is 0 Å². The second-order valence-corrected chi connectivity index (χ2v) is 1.40. The first kappa shape index (κ1) is 11.0. The van der Waals surface area contributed by atoms with Crippen LogP contribution in [0.15, 0.2) is 0 Å². The number of aliphatic hydroxyl groups is 2. The molecule has 0 saturated carbocycles. The van der Waals surface area contributed by atoms with Gasteiger partial charge < -0.3 is 15.9 Å². The van der Waals surface area contributed by atoms with E-state index in [0.29, 0.717) is 6.42 Å². The minimum atomic E-state index is -0.523. The van der Waals surface area contributed by atoms with Crippen molar-refractivity contribution in [3.63, 3.8) is 0 Å². The van der Waals surface area contributed by atoms with Crippen molar-refractivity contribution >= 4 is 12.4 Å². The number of rotatable bonds is 3. The van der Waals surface area contributed by atoms with Gasteiger partial charge in [-0.2, -0.15) is 0 Å². The third kappa shape index (κ3) is 6.17. The van der Waals surface area contributed by atoms with E-state index in [4.69, 9.17) is 15.9 Å². The minimum Gasteiger partial charge on any atom is -0.396 e. The molecule has 0 aromatic heterocycles. The zero-order chi connectivity index (χ0) is 5.70. The second kappa shape index (κ2) is 7.17. The van der Waals surface area contributed by atoms with Crippen molar-refractivity contribution < 1.29 is 10.2 Å². The fourth-order valence-corrected chi connectivity index (χ4v) is 0.267. The third-order valence-electron chi connectivity index (χ3n) is 0.734. The zero-order valence-corrected chi connectivity index (χ0v) is 5.40. The first-order valence-corrected chi connectivity index (χ1v) is 2.30. The van der Waals surface area contributed by atoms with Gasteiger partial charge in [-0.25, -0.2) is 0 Å². The monoisotopic (exact) mass is 141 g/mol. The largest absolute Gasteiger partial charge is 0.396 e. The molecule has 0 heterocycles. The molecule has 8 heavy (non-hydrogen) atoms. The maximum Gasteiger partial charge on any atom is 0.0684 e. The molecule has 0 fully saturated rings. The van der Waals surface area contributed by atoms with Crippen LogP contribution in [0.3, 0.4) is 0 Å². The lowest BCUT2D eigenvalue weighted by atomic mass is 10.3. The molecule has 0 aromatic rings. The Kier molecular flexibility index (Phi) is 9.89. The minimum absolute atomic E-state index is 0. The fraction of sp³-hybridized carbons (Fsp3) is 1.00. The summed E-state index contributed by atoms with van der Waals surface area (Å²) in [5.74, 6) is 0. The molecule has 0 rings (SSSR count). The van der Waals surface area contributed by atoms with Crippen LogP contribution in [0.4, 0.5) is 0 Å². The van der Waals surface area contributed by atoms with Gasteiger partial charge in [-0.1, -0.05) is 0 Å². The summed E-state index contributed by atoms with van der Waals surface area (Å²) in [6, 6.07) is 0. The molecule has 0 aliphatic heterocycles. The molecular formula is C4H12ClNO2. The van der Waals surface area contributed by atoms with Gasteiger partial charge in [-0.05, 0) is 6.42 Å². The van der Waals surface area contributed by atoms with Crippen molar-refractivity contribution in [2.45, 2.75) is 12.5 Å². The highest BCUT2D eigenvalue weighted by Crippen LogP contribution is 1.83. The van der Waals surface area contributed by atoms with Gasteiger partial charge in [0, 0.05) is 13.2 Å². The van der Waals surface area contributed by atoms with Crippen LogP contribution in [-0.2, 0) is 0 Å². The second-order valence-electron chi connectivity index (χ2n) is 1.40. The van der Waals surface area contributed by atoms with Gasteiger partial charge in [0.15, 0.2) is 0 Å². The summed E-state index contributed by atoms with van der Waals surface area (Å²) in [6.45, 7) is 0.249. The Morgan fingerprint density at radius 3 is 2.12 bits per heavy atom. The normalized spacial score (nSPS) is 12.4. The van der Waals surface area contributed by atoms with Crippen LogP contribution in [0.5, 0.6) is 0 Å². The van der Waals surface area contributed by atoms with Crippen molar-refractivity contribution in [3.05, 3.63) is 0 Å².